The van der Waals surface area contributed by atoms with Crippen molar-refractivity contribution in [2.45, 2.75) is 63.6 Å². The van der Waals surface area contributed by atoms with Crippen LogP contribution in [0.1, 0.15) is 73.5 Å². The number of pyridine rings is 1. The van der Waals surface area contributed by atoms with E-state index in [1.54, 1.807) is 17.7 Å². The Labute approximate surface area is 214 Å². The van der Waals surface area contributed by atoms with Gasteiger partial charge in [0.25, 0.3) is 17.9 Å². The Balaban J connectivity index is 1.29. The SMILES string of the molecule is CCC12CC(n3cc(C(=O)N[C@H](C)c4cccc(C(F)F)c4F)c(NC4[C@H]5CN(C)C[C@@H]45)cc3=O)(C1)C2. The fourth-order valence-corrected chi connectivity index (χ4v) is 7.33. The van der Waals surface area contributed by atoms with E-state index in [4.69, 9.17) is 0 Å². The van der Waals surface area contributed by atoms with Gasteiger partial charge in [0.2, 0.25) is 0 Å². The third-order valence-electron chi connectivity index (χ3n) is 9.48. The van der Waals surface area contributed by atoms with E-state index in [0.29, 0.717) is 28.5 Å². The molecule has 5 aliphatic rings. The summed E-state index contributed by atoms with van der Waals surface area (Å²) in [6.07, 6.45) is 2.60. The minimum absolute atomic E-state index is 0.00180. The van der Waals surface area contributed by atoms with E-state index in [2.05, 4.69) is 29.5 Å². The van der Waals surface area contributed by atoms with Crippen molar-refractivity contribution in [2.24, 2.45) is 17.3 Å². The van der Waals surface area contributed by atoms with E-state index >= 15 is 0 Å². The highest BCUT2D eigenvalue weighted by molar-refractivity contribution is 5.99. The lowest BCUT2D eigenvalue weighted by molar-refractivity contribution is -0.190. The van der Waals surface area contributed by atoms with Gasteiger partial charge in [0.05, 0.1) is 22.9 Å². The van der Waals surface area contributed by atoms with Gasteiger partial charge in [0.1, 0.15) is 5.82 Å². The number of carbonyl (C=O) groups is 1. The highest BCUT2D eigenvalue weighted by atomic mass is 19.3. The Morgan fingerprint density at radius 1 is 1.16 bits per heavy atom. The van der Waals surface area contributed by atoms with Crippen LogP contribution in [0.5, 0.6) is 0 Å². The first-order chi connectivity index (χ1) is 17.6. The van der Waals surface area contributed by atoms with Gasteiger partial charge >= 0.3 is 0 Å². The number of fused-ring (bicyclic) bond motifs is 1. The predicted molar refractivity (Wildman–Crippen MR) is 134 cm³/mol. The van der Waals surface area contributed by atoms with Crippen molar-refractivity contribution in [3.63, 3.8) is 0 Å². The molecule has 4 aliphatic carbocycles. The molecule has 1 amide bonds. The number of carbonyl (C=O) groups excluding carboxylic acids is 1. The molecule has 1 aromatic carbocycles. The summed E-state index contributed by atoms with van der Waals surface area (Å²) in [6, 6.07) is 4.70. The van der Waals surface area contributed by atoms with E-state index in [0.717, 1.165) is 44.8 Å². The Morgan fingerprint density at radius 3 is 2.43 bits per heavy atom. The molecule has 4 saturated carbocycles. The zero-order chi connectivity index (χ0) is 26.3. The number of hydrogen-bond acceptors (Lipinski definition) is 4. The van der Waals surface area contributed by atoms with Crippen LogP contribution in [0, 0.1) is 23.1 Å². The van der Waals surface area contributed by atoms with Gasteiger partial charge < -0.3 is 20.1 Å². The molecule has 198 valence electrons. The van der Waals surface area contributed by atoms with Gasteiger partial charge in [-0.05, 0) is 50.5 Å². The lowest BCUT2D eigenvalue weighted by Crippen LogP contribution is -2.69. The number of benzene rings is 1. The average molecular weight is 515 g/mol. The molecule has 1 aromatic heterocycles. The Bertz CT molecular complexity index is 1290. The highest BCUT2D eigenvalue weighted by Gasteiger charge is 2.68. The molecule has 1 unspecified atom stereocenters. The summed E-state index contributed by atoms with van der Waals surface area (Å²) in [7, 11) is 2.08. The molecule has 1 saturated heterocycles. The fraction of sp³-hybridized carbons (Fsp3) is 0.571. The molecule has 2 N–H and O–H groups in total. The smallest absolute Gasteiger partial charge is 0.266 e. The van der Waals surface area contributed by atoms with Gasteiger partial charge in [0, 0.05) is 42.5 Å². The number of hydrogen-bond donors (Lipinski definition) is 2. The van der Waals surface area contributed by atoms with Crippen molar-refractivity contribution < 1.29 is 18.0 Å². The predicted octanol–water partition coefficient (Wildman–Crippen LogP) is 4.68. The van der Waals surface area contributed by atoms with Crippen molar-refractivity contribution in [1.82, 2.24) is 14.8 Å². The second kappa shape index (κ2) is 8.35. The number of anilines is 1. The topological polar surface area (TPSA) is 66.4 Å². The maximum absolute atomic E-state index is 14.8. The van der Waals surface area contributed by atoms with Gasteiger partial charge in [-0.1, -0.05) is 31.5 Å². The summed E-state index contributed by atoms with van der Waals surface area (Å²) in [5.41, 5.74) is 0.0688. The molecule has 9 heteroatoms. The van der Waals surface area contributed by atoms with Crippen molar-refractivity contribution in [3.05, 3.63) is 63.3 Å². The first kappa shape index (κ1) is 24.5. The van der Waals surface area contributed by atoms with E-state index in [9.17, 15) is 22.8 Å². The molecule has 1 aliphatic heterocycles. The number of alkyl halides is 2. The minimum Gasteiger partial charge on any atom is -0.381 e. The lowest BCUT2D eigenvalue weighted by atomic mass is 9.38. The van der Waals surface area contributed by atoms with E-state index in [1.807, 2.05) is 0 Å². The number of halogens is 3. The van der Waals surface area contributed by atoms with Gasteiger partial charge in [-0.15, -0.1) is 0 Å². The lowest BCUT2D eigenvalue weighted by Gasteiger charge is -2.71. The highest BCUT2D eigenvalue weighted by Crippen LogP contribution is 2.72. The molecule has 37 heavy (non-hydrogen) atoms. The fourth-order valence-electron chi connectivity index (χ4n) is 7.33. The first-order valence-corrected chi connectivity index (χ1v) is 13.2. The standard InChI is InChI=1S/C28H33F3N4O2/c1-4-27-12-28(13-27,14-27)35-11-20(21(8-22(35)36)33-24-18-9-34(3)10-19(18)24)26(37)32-15(2)16-6-5-7-17(23(16)29)25(30)31/h5-8,11,15,18-19,24-25,33H,4,9-10,12-14H2,1-3H3,(H,32,37)/t15-,18-,19+,24?,27?,28?/m1/s1. The summed E-state index contributed by atoms with van der Waals surface area (Å²) in [4.78, 5) is 29.1. The number of likely N-dealkylation sites (tertiary alicyclic amines) is 1. The third-order valence-corrected chi connectivity index (χ3v) is 9.48. The molecule has 2 bridgehead atoms. The van der Waals surface area contributed by atoms with Crippen molar-refractivity contribution >= 4 is 11.6 Å². The van der Waals surface area contributed by atoms with Crippen LogP contribution < -0.4 is 16.2 Å². The molecule has 6 nitrogen and oxygen atoms in total. The van der Waals surface area contributed by atoms with Crippen LogP contribution in [0.15, 0.2) is 35.3 Å². The van der Waals surface area contributed by atoms with Gasteiger partial charge in [0.15, 0.2) is 0 Å². The van der Waals surface area contributed by atoms with E-state index in [1.165, 1.54) is 18.2 Å². The average Bonchev–Trinajstić information content (AvgIpc) is 3.23. The molecule has 2 aromatic rings. The second-order valence-corrected chi connectivity index (χ2v) is 11.9. The summed E-state index contributed by atoms with van der Waals surface area (Å²) in [5.74, 6) is -0.515. The number of nitrogens with zero attached hydrogens (tertiary/aromatic N) is 2. The molecule has 0 radical (unpaired) electrons. The monoisotopic (exact) mass is 514 g/mol. The van der Waals surface area contributed by atoms with Gasteiger partial charge in [-0.2, -0.15) is 0 Å². The largest absolute Gasteiger partial charge is 0.381 e. The maximum atomic E-state index is 14.8. The number of rotatable bonds is 8. The van der Waals surface area contributed by atoms with E-state index < -0.39 is 29.8 Å². The van der Waals surface area contributed by atoms with Crippen LogP contribution in [0.3, 0.4) is 0 Å². The molecule has 7 rings (SSSR count). The zero-order valence-corrected chi connectivity index (χ0v) is 21.4. The molecular formula is C28H33F3N4O2. The number of piperidine rings is 1. The number of aromatic nitrogens is 1. The normalized spacial score (nSPS) is 32.4. The minimum atomic E-state index is -2.95. The number of amides is 1. The third kappa shape index (κ3) is 3.80. The van der Waals surface area contributed by atoms with Crippen LogP contribution >= 0.6 is 0 Å². The summed E-state index contributed by atoms with van der Waals surface area (Å²) >= 11 is 0. The van der Waals surface area contributed by atoms with Crippen molar-refractivity contribution in [1.29, 1.82) is 0 Å². The molecule has 0 spiro atoms. The van der Waals surface area contributed by atoms with E-state index in [-0.39, 0.29) is 22.7 Å². The first-order valence-electron chi connectivity index (χ1n) is 13.2. The van der Waals surface area contributed by atoms with Crippen LogP contribution in [-0.4, -0.2) is 41.6 Å². The van der Waals surface area contributed by atoms with Crippen LogP contribution in [0.4, 0.5) is 18.9 Å². The van der Waals surface area contributed by atoms with Gasteiger partial charge in [-0.25, -0.2) is 13.2 Å². The van der Waals surface area contributed by atoms with Crippen molar-refractivity contribution in [3.8, 4) is 0 Å². The molecule has 5 fully saturated rings. The summed E-state index contributed by atoms with van der Waals surface area (Å²) in [6.45, 7) is 5.69. The van der Waals surface area contributed by atoms with Crippen molar-refractivity contribution in [2.75, 3.05) is 25.5 Å². The summed E-state index contributed by atoms with van der Waals surface area (Å²) in [5, 5.41) is 6.24. The molecular weight excluding hydrogens is 481 g/mol. The zero-order valence-electron chi connectivity index (χ0n) is 21.4. The second-order valence-electron chi connectivity index (χ2n) is 11.9. The molecule has 4 atom stereocenters. The van der Waals surface area contributed by atoms with Crippen LogP contribution in [0.25, 0.3) is 0 Å². The quantitative estimate of drug-likeness (QED) is 0.537. The molecule has 2 heterocycles. The maximum Gasteiger partial charge on any atom is 0.266 e. The Morgan fingerprint density at radius 2 is 1.81 bits per heavy atom. The Hall–Kier alpha value is -2.81. The van der Waals surface area contributed by atoms with Crippen LogP contribution in [0.2, 0.25) is 0 Å². The Kier molecular flexibility index (Phi) is 5.53. The summed E-state index contributed by atoms with van der Waals surface area (Å²) < 4.78 is 42.9. The van der Waals surface area contributed by atoms with Gasteiger partial charge in [-0.3, -0.25) is 9.59 Å². The van der Waals surface area contributed by atoms with Crippen LogP contribution in [-0.2, 0) is 5.54 Å². The number of nitrogens with one attached hydrogen (secondary N) is 2.